The van der Waals surface area contributed by atoms with Gasteiger partial charge in [-0.2, -0.15) is 11.3 Å². The van der Waals surface area contributed by atoms with Gasteiger partial charge in [-0.3, -0.25) is 0 Å². The summed E-state index contributed by atoms with van der Waals surface area (Å²) in [5.74, 6) is 0.702. The first-order valence-corrected chi connectivity index (χ1v) is 6.82. The first-order valence-electron chi connectivity index (χ1n) is 5.88. The number of oxazole rings is 1. The number of aryl methyl sites for hydroxylation is 1. The number of anilines is 1. The van der Waals surface area contributed by atoms with E-state index in [1.54, 1.807) is 11.3 Å². The van der Waals surface area contributed by atoms with Crippen molar-refractivity contribution in [2.75, 3.05) is 5.32 Å². The minimum atomic E-state index is 0.293. The molecule has 0 amide bonds. The van der Waals surface area contributed by atoms with Gasteiger partial charge in [-0.1, -0.05) is 0 Å². The monoisotopic (exact) mass is 258 g/mol. The molecule has 3 nitrogen and oxygen atoms in total. The highest BCUT2D eigenvalue weighted by Gasteiger charge is 2.07. The molecule has 0 bridgehead atoms. The highest BCUT2D eigenvalue weighted by atomic mass is 32.1. The van der Waals surface area contributed by atoms with Gasteiger partial charge in [-0.15, -0.1) is 0 Å². The molecule has 0 spiro atoms. The van der Waals surface area contributed by atoms with E-state index in [0.29, 0.717) is 11.9 Å². The van der Waals surface area contributed by atoms with E-state index in [4.69, 9.17) is 4.42 Å². The number of aromatic nitrogens is 1. The molecule has 3 aromatic rings. The molecule has 0 aliphatic heterocycles. The summed E-state index contributed by atoms with van der Waals surface area (Å²) in [6.45, 7) is 4.02. The number of nitrogens with zero attached hydrogens (tertiary/aromatic N) is 1. The molecule has 2 heterocycles. The average Bonchev–Trinajstić information content (AvgIpc) is 2.95. The molecule has 0 radical (unpaired) electrons. The molecule has 1 atom stereocenters. The topological polar surface area (TPSA) is 38.1 Å². The van der Waals surface area contributed by atoms with Crippen molar-refractivity contribution in [2.24, 2.45) is 0 Å². The molecule has 4 heteroatoms. The maximum Gasteiger partial charge on any atom is 0.192 e. The third kappa shape index (κ3) is 2.11. The molecule has 92 valence electrons. The number of nitrogens with one attached hydrogen (secondary N) is 1. The molecule has 18 heavy (non-hydrogen) atoms. The fourth-order valence-corrected chi connectivity index (χ4v) is 2.74. The summed E-state index contributed by atoms with van der Waals surface area (Å²) in [6.07, 6.45) is 0. The van der Waals surface area contributed by atoms with Crippen molar-refractivity contribution >= 4 is 28.1 Å². The highest BCUT2D eigenvalue weighted by molar-refractivity contribution is 7.07. The Bertz CT molecular complexity index is 658. The fraction of sp³-hybridized carbons (Fsp3) is 0.214. The maximum absolute atomic E-state index is 5.46. The summed E-state index contributed by atoms with van der Waals surface area (Å²) in [6, 6.07) is 8.44. The van der Waals surface area contributed by atoms with Crippen LogP contribution in [0.2, 0.25) is 0 Å². The number of thiophene rings is 1. The number of hydrogen-bond donors (Lipinski definition) is 1. The van der Waals surface area contributed by atoms with Gasteiger partial charge in [-0.05, 0) is 47.5 Å². The van der Waals surface area contributed by atoms with Crippen LogP contribution in [0.1, 0.15) is 24.4 Å². The smallest absolute Gasteiger partial charge is 0.192 e. The van der Waals surface area contributed by atoms with Crippen LogP contribution in [-0.2, 0) is 0 Å². The van der Waals surface area contributed by atoms with Gasteiger partial charge >= 0.3 is 0 Å². The second kappa shape index (κ2) is 4.46. The highest BCUT2D eigenvalue weighted by Crippen LogP contribution is 2.24. The van der Waals surface area contributed by atoms with E-state index in [2.05, 4.69) is 34.1 Å². The van der Waals surface area contributed by atoms with Crippen molar-refractivity contribution in [3.05, 3.63) is 46.5 Å². The standard InChI is InChI=1S/C14H14N2OS/c1-9(11-5-6-18-8-11)15-12-3-4-14-13(7-12)16-10(2)17-14/h3-9,15H,1-2H3. The van der Waals surface area contributed by atoms with Gasteiger partial charge in [0.15, 0.2) is 11.5 Å². The quantitative estimate of drug-likeness (QED) is 0.758. The van der Waals surface area contributed by atoms with Crippen LogP contribution in [0.4, 0.5) is 5.69 Å². The van der Waals surface area contributed by atoms with Gasteiger partial charge in [0.25, 0.3) is 0 Å². The molecular weight excluding hydrogens is 244 g/mol. The van der Waals surface area contributed by atoms with Crippen molar-refractivity contribution in [1.82, 2.24) is 4.98 Å². The van der Waals surface area contributed by atoms with E-state index >= 15 is 0 Å². The minimum absolute atomic E-state index is 0.293. The second-order valence-electron chi connectivity index (χ2n) is 4.34. The molecule has 0 aliphatic carbocycles. The van der Waals surface area contributed by atoms with E-state index in [0.717, 1.165) is 16.8 Å². The largest absolute Gasteiger partial charge is 0.441 e. The zero-order chi connectivity index (χ0) is 12.5. The molecule has 0 fully saturated rings. The van der Waals surface area contributed by atoms with E-state index in [1.165, 1.54) is 5.56 Å². The SMILES string of the molecule is Cc1nc2cc(NC(C)c3ccsc3)ccc2o1. The zero-order valence-electron chi connectivity index (χ0n) is 10.3. The van der Waals surface area contributed by atoms with Gasteiger partial charge in [0.05, 0.1) is 0 Å². The van der Waals surface area contributed by atoms with Crippen LogP contribution in [0.3, 0.4) is 0 Å². The molecular formula is C14H14N2OS. The van der Waals surface area contributed by atoms with E-state index in [9.17, 15) is 0 Å². The van der Waals surface area contributed by atoms with Crippen LogP contribution < -0.4 is 5.32 Å². The molecule has 3 rings (SSSR count). The van der Waals surface area contributed by atoms with Crippen molar-refractivity contribution in [2.45, 2.75) is 19.9 Å². The Morgan fingerprint density at radius 2 is 2.22 bits per heavy atom. The zero-order valence-corrected chi connectivity index (χ0v) is 11.1. The van der Waals surface area contributed by atoms with Gasteiger partial charge in [0, 0.05) is 18.7 Å². The Hall–Kier alpha value is -1.81. The molecule has 1 N–H and O–H groups in total. The van der Waals surface area contributed by atoms with Crippen molar-refractivity contribution in [3.8, 4) is 0 Å². The average molecular weight is 258 g/mol. The number of benzene rings is 1. The minimum Gasteiger partial charge on any atom is -0.441 e. The van der Waals surface area contributed by atoms with E-state index in [-0.39, 0.29) is 0 Å². The van der Waals surface area contributed by atoms with Crippen molar-refractivity contribution < 1.29 is 4.42 Å². The Balaban J connectivity index is 1.86. The van der Waals surface area contributed by atoms with Crippen LogP contribution in [0.25, 0.3) is 11.1 Å². The van der Waals surface area contributed by atoms with E-state index in [1.807, 2.05) is 25.1 Å². The third-order valence-electron chi connectivity index (χ3n) is 2.92. The Labute approximate surface area is 109 Å². The second-order valence-corrected chi connectivity index (χ2v) is 5.12. The lowest BCUT2D eigenvalue weighted by Gasteiger charge is -2.13. The predicted molar refractivity (Wildman–Crippen MR) is 75.1 cm³/mol. The lowest BCUT2D eigenvalue weighted by atomic mass is 10.1. The number of hydrogen-bond acceptors (Lipinski definition) is 4. The fourth-order valence-electron chi connectivity index (χ4n) is 1.99. The maximum atomic E-state index is 5.46. The summed E-state index contributed by atoms with van der Waals surface area (Å²) in [5.41, 5.74) is 4.10. The normalized spacial score (nSPS) is 12.8. The van der Waals surface area contributed by atoms with Crippen molar-refractivity contribution in [1.29, 1.82) is 0 Å². The first-order chi connectivity index (χ1) is 8.72. The summed E-state index contributed by atoms with van der Waals surface area (Å²) < 4.78 is 5.46. The Kier molecular flexibility index (Phi) is 2.80. The van der Waals surface area contributed by atoms with Gasteiger partial charge in [0.1, 0.15) is 5.52 Å². The molecule has 1 aromatic carbocycles. The molecule has 1 unspecified atom stereocenters. The summed E-state index contributed by atoms with van der Waals surface area (Å²) >= 11 is 1.72. The molecule has 0 saturated heterocycles. The molecule has 0 aliphatic rings. The van der Waals surface area contributed by atoms with Crippen LogP contribution in [0, 0.1) is 6.92 Å². The Morgan fingerprint density at radius 3 is 3.00 bits per heavy atom. The number of fused-ring (bicyclic) bond motifs is 1. The third-order valence-corrected chi connectivity index (χ3v) is 3.62. The van der Waals surface area contributed by atoms with Gasteiger partial charge in [0.2, 0.25) is 0 Å². The molecule has 0 saturated carbocycles. The van der Waals surface area contributed by atoms with Gasteiger partial charge in [-0.25, -0.2) is 4.98 Å². The van der Waals surface area contributed by atoms with Crippen LogP contribution in [0.15, 0.2) is 39.4 Å². The van der Waals surface area contributed by atoms with Crippen LogP contribution >= 0.6 is 11.3 Å². The van der Waals surface area contributed by atoms with Crippen molar-refractivity contribution in [3.63, 3.8) is 0 Å². The Morgan fingerprint density at radius 1 is 1.33 bits per heavy atom. The first kappa shape index (κ1) is 11.3. The van der Waals surface area contributed by atoms with Gasteiger partial charge < -0.3 is 9.73 Å². The summed E-state index contributed by atoms with van der Waals surface area (Å²) in [4.78, 5) is 4.34. The lowest BCUT2D eigenvalue weighted by molar-refractivity contribution is 0.561. The summed E-state index contributed by atoms with van der Waals surface area (Å²) in [7, 11) is 0. The summed E-state index contributed by atoms with van der Waals surface area (Å²) in [5, 5.41) is 7.73. The van der Waals surface area contributed by atoms with E-state index < -0.39 is 0 Å². The van der Waals surface area contributed by atoms with Crippen LogP contribution in [0.5, 0.6) is 0 Å². The lowest BCUT2D eigenvalue weighted by Crippen LogP contribution is -2.05. The van der Waals surface area contributed by atoms with Crippen LogP contribution in [-0.4, -0.2) is 4.98 Å². The molecule has 2 aromatic heterocycles. The predicted octanol–water partition coefficient (Wildman–Crippen LogP) is 4.37. The number of rotatable bonds is 3.